The third-order valence-electron chi connectivity index (χ3n) is 0.636. The van der Waals surface area contributed by atoms with Gasteiger partial charge in [0.05, 0.1) is 11.9 Å². The second-order valence-electron chi connectivity index (χ2n) is 1.81. The summed E-state index contributed by atoms with van der Waals surface area (Å²) in [6.07, 6.45) is 1.10. The molecule has 0 aliphatic rings. The van der Waals surface area contributed by atoms with Gasteiger partial charge in [-0.05, 0) is 19.9 Å². The summed E-state index contributed by atoms with van der Waals surface area (Å²) < 4.78 is 4.40. The number of nitrogens with two attached hydrogens (primary N) is 1. The van der Waals surface area contributed by atoms with Gasteiger partial charge in [0.15, 0.2) is 0 Å². The van der Waals surface area contributed by atoms with E-state index in [1.165, 1.54) is 6.92 Å². The fraction of sp³-hybridized carbons (Fsp3) is 0.875. The van der Waals surface area contributed by atoms with Crippen LogP contribution in [-0.2, 0) is 9.53 Å². The van der Waals surface area contributed by atoms with Gasteiger partial charge in [-0.2, -0.15) is 0 Å². The van der Waals surface area contributed by atoms with E-state index in [4.69, 9.17) is 28.9 Å². The largest absolute Gasteiger partial charge is 0.466 e. The zero-order valence-corrected chi connectivity index (χ0v) is 9.99. The first kappa shape index (κ1) is 18.7. The Morgan fingerprint density at radius 2 is 1.69 bits per heavy atom. The molecule has 3 nitrogen and oxygen atoms in total. The summed E-state index contributed by atoms with van der Waals surface area (Å²) in [5, 5.41) is 0.194. The minimum absolute atomic E-state index is 0.194. The van der Waals surface area contributed by atoms with Crippen molar-refractivity contribution in [3.63, 3.8) is 0 Å². The molecule has 0 saturated carbocycles. The minimum Gasteiger partial charge on any atom is -0.466 e. The van der Waals surface area contributed by atoms with Crippen molar-refractivity contribution in [3.8, 4) is 0 Å². The van der Waals surface area contributed by atoms with Crippen LogP contribution < -0.4 is 5.73 Å². The maximum absolute atomic E-state index is 9.82. The Morgan fingerprint density at radius 3 is 1.69 bits per heavy atom. The molecule has 0 amide bonds. The second kappa shape index (κ2) is 22.7. The van der Waals surface area contributed by atoms with Crippen LogP contribution in [0.5, 0.6) is 0 Å². The third-order valence-corrected chi connectivity index (χ3v) is 0.636. The van der Waals surface area contributed by atoms with Gasteiger partial charge in [0.25, 0.3) is 0 Å². The molecule has 0 spiro atoms. The number of halogens is 2. The van der Waals surface area contributed by atoms with Crippen molar-refractivity contribution in [3.05, 3.63) is 0 Å². The maximum atomic E-state index is 9.82. The summed E-state index contributed by atoms with van der Waals surface area (Å²) in [6, 6.07) is 0. The SMILES string of the molecule is CCCN.CCOC(C)=O.ClCCl. The van der Waals surface area contributed by atoms with Crippen molar-refractivity contribution in [1.29, 1.82) is 0 Å². The molecule has 0 aromatic rings. The summed E-state index contributed by atoms with van der Waals surface area (Å²) >= 11 is 9.53. The third kappa shape index (κ3) is 74.8. The van der Waals surface area contributed by atoms with Gasteiger partial charge in [0.1, 0.15) is 0 Å². The molecule has 13 heavy (non-hydrogen) atoms. The Labute approximate surface area is 90.5 Å². The van der Waals surface area contributed by atoms with Gasteiger partial charge in [0.2, 0.25) is 0 Å². The van der Waals surface area contributed by atoms with E-state index in [9.17, 15) is 4.79 Å². The fourth-order valence-corrected chi connectivity index (χ4v) is 0.203. The molecule has 0 aliphatic carbocycles. The molecule has 0 aromatic heterocycles. The van der Waals surface area contributed by atoms with Crippen LogP contribution in [0.1, 0.15) is 27.2 Å². The Bertz CT molecular complexity index is 90.2. The summed E-state index contributed by atoms with van der Waals surface area (Å²) in [6.45, 7) is 6.53. The second-order valence-corrected chi connectivity index (χ2v) is 2.62. The minimum atomic E-state index is -0.211. The first-order chi connectivity index (χ1) is 6.10. The molecule has 0 saturated heterocycles. The van der Waals surface area contributed by atoms with Crippen LogP contribution in [0.3, 0.4) is 0 Å². The summed E-state index contributed by atoms with van der Waals surface area (Å²) in [5.74, 6) is -0.211. The molecule has 0 bridgehead atoms. The van der Waals surface area contributed by atoms with Gasteiger partial charge in [-0.25, -0.2) is 0 Å². The number of alkyl halides is 2. The van der Waals surface area contributed by atoms with Gasteiger partial charge in [-0.15, -0.1) is 23.2 Å². The zero-order valence-electron chi connectivity index (χ0n) is 8.48. The lowest BCUT2D eigenvalue weighted by molar-refractivity contribution is -0.140. The van der Waals surface area contributed by atoms with E-state index < -0.39 is 0 Å². The van der Waals surface area contributed by atoms with Gasteiger partial charge in [-0.3, -0.25) is 4.79 Å². The number of carbonyl (C=O) groups excluding carboxylic acids is 1. The summed E-state index contributed by atoms with van der Waals surface area (Å²) in [4.78, 5) is 9.82. The number of hydrogen-bond donors (Lipinski definition) is 1. The molecule has 0 radical (unpaired) electrons. The lowest BCUT2D eigenvalue weighted by Crippen LogP contribution is -1.95. The number of ether oxygens (including phenoxy) is 1. The zero-order chi connectivity index (χ0) is 11.1. The van der Waals surface area contributed by atoms with E-state index in [1.54, 1.807) is 6.92 Å². The lowest BCUT2D eigenvalue weighted by Gasteiger charge is -1.89. The van der Waals surface area contributed by atoms with Crippen molar-refractivity contribution in [2.24, 2.45) is 5.73 Å². The van der Waals surface area contributed by atoms with Crippen molar-refractivity contribution >= 4 is 29.2 Å². The molecule has 0 aliphatic heterocycles. The predicted octanol–water partition coefficient (Wildman–Crippen LogP) is 2.35. The van der Waals surface area contributed by atoms with Crippen LogP contribution in [-0.4, -0.2) is 24.5 Å². The van der Waals surface area contributed by atoms with E-state index in [0.717, 1.165) is 13.0 Å². The maximum Gasteiger partial charge on any atom is 0.302 e. The molecule has 0 fully saturated rings. The van der Waals surface area contributed by atoms with Gasteiger partial charge in [0, 0.05) is 6.92 Å². The fourth-order valence-electron chi connectivity index (χ4n) is 0.203. The van der Waals surface area contributed by atoms with Crippen LogP contribution >= 0.6 is 23.2 Å². The molecular formula is C8H19Cl2NO2. The molecule has 0 unspecified atom stereocenters. The number of hydrogen-bond acceptors (Lipinski definition) is 3. The first-order valence-corrected chi connectivity index (χ1v) is 5.12. The Kier molecular flexibility index (Phi) is 32.7. The van der Waals surface area contributed by atoms with Crippen LogP contribution in [0.25, 0.3) is 0 Å². The van der Waals surface area contributed by atoms with E-state index in [1.807, 2.05) is 0 Å². The molecular weight excluding hydrogens is 213 g/mol. The van der Waals surface area contributed by atoms with Gasteiger partial charge in [-0.1, -0.05) is 6.92 Å². The highest BCUT2D eigenvalue weighted by Crippen LogP contribution is 1.73. The molecule has 0 atom stereocenters. The van der Waals surface area contributed by atoms with E-state index in [0.29, 0.717) is 6.61 Å². The van der Waals surface area contributed by atoms with Crippen LogP contribution in [0.15, 0.2) is 0 Å². The van der Waals surface area contributed by atoms with Crippen molar-refractivity contribution in [2.45, 2.75) is 27.2 Å². The molecule has 0 heterocycles. The lowest BCUT2D eigenvalue weighted by atomic mass is 10.5. The monoisotopic (exact) mass is 231 g/mol. The highest BCUT2D eigenvalue weighted by Gasteiger charge is 1.81. The molecule has 82 valence electrons. The summed E-state index contributed by atoms with van der Waals surface area (Å²) in [5.41, 5.74) is 5.03. The smallest absolute Gasteiger partial charge is 0.302 e. The normalized spacial score (nSPS) is 7.23. The standard InChI is InChI=1S/C4H8O2.C3H9N.CH2Cl2/c1-3-6-4(2)5;1-2-3-4;2-1-3/h3H2,1-2H3;2-4H2,1H3;1H2. The van der Waals surface area contributed by atoms with Crippen LogP contribution in [0.4, 0.5) is 0 Å². The molecule has 2 N–H and O–H groups in total. The Hall–Kier alpha value is 0.01000. The van der Waals surface area contributed by atoms with Crippen molar-refractivity contribution in [1.82, 2.24) is 0 Å². The molecule has 0 rings (SSSR count). The molecule has 0 aromatic carbocycles. The number of carbonyl (C=O) groups is 1. The van der Waals surface area contributed by atoms with Crippen LogP contribution in [0.2, 0.25) is 0 Å². The Morgan fingerprint density at radius 1 is 1.38 bits per heavy atom. The average molecular weight is 232 g/mol. The van der Waals surface area contributed by atoms with Crippen molar-refractivity contribution < 1.29 is 9.53 Å². The topological polar surface area (TPSA) is 52.3 Å². The quantitative estimate of drug-likeness (QED) is 0.587. The number of rotatable bonds is 2. The number of esters is 1. The average Bonchev–Trinajstić information content (AvgIpc) is 2.06. The highest BCUT2D eigenvalue weighted by atomic mass is 35.5. The van der Waals surface area contributed by atoms with E-state index in [-0.39, 0.29) is 11.3 Å². The molecule has 5 heteroatoms. The summed E-state index contributed by atoms with van der Waals surface area (Å²) in [7, 11) is 0. The highest BCUT2D eigenvalue weighted by molar-refractivity contribution is 6.40. The van der Waals surface area contributed by atoms with Crippen LogP contribution in [0, 0.1) is 0 Å². The van der Waals surface area contributed by atoms with E-state index >= 15 is 0 Å². The Balaban J connectivity index is -0.000000125. The van der Waals surface area contributed by atoms with Gasteiger partial charge < -0.3 is 10.5 Å². The first-order valence-electron chi connectivity index (χ1n) is 4.05. The predicted molar refractivity (Wildman–Crippen MR) is 58.2 cm³/mol. The van der Waals surface area contributed by atoms with E-state index in [2.05, 4.69) is 11.7 Å². The van der Waals surface area contributed by atoms with Gasteiger partial charge >= 0.3 is 5.97 Å². The van der Waals surface area contributed by atoms with Crippen molar-refractivity contribution in [2.75, 3.05) is 18.5 Å².